The van der Waals surface area contributed by atoms with E-state index in [4.69, 9.17) is 4.74 Å². The minimum absolute atomic E-state index is 0.122. The molecule has 152 valence electrons. The topological polar surface area (TPSA) is 52.9 Å². The number of aliphatic hydroxyl groups excluding tert-OH is 2. The lowest BCUT2D eigenvalue weighted by atomic mass is 9.70. The Bertz CT molecular complexity index is 511. The summed E-state index contributed by atoms with van der Waals surface area (Å²) in [6, 6.07) is 0. The van der Waals surface area contributed by atoms with E-state index in [0.29, 0.717) is 18.6 Å². The van der Waals surface area contributed by atoms with Crippen molar-refractivity contribution in [2.45, 2.75) is 110 Å². The van der Waals surface area contributed by atoms with Crippen molar-refractivity contribution in [3.05, 3.63) is 0 Å². The first-order chi connectivity index (χ1) is 11.8. The van der Waals surface area contributed by atoms with Crippen LogP contribution in [0.25, 0.3) is 0 Å². The van der Waals surface area contributed by atoms with E-state index in [2.05, 4.69) is 53.4 Å². The number of nitrogens with zero attached hydrogens (tertiary/aromatic N) is 1. The van der Waals surface area contributed by atoms with Crippen molar-refractivity contribution in [1.29, 1.82) is 0 Å². The summed E-state index contributed by atoms with van der Waals surface area (Å²) in [6.07, 6.45) is 4.73. The first-order valence-electron chi connectivity index (χ1n) is 10.5. The van der Waals surface area contributed by atoms with Gasteiger partial charge in [-0.1, -0.05) is 20.8 Å². The van der Waals surface area contributed by atoms with Gasteiger partial charge in [-0.15, -0.1) is 0 Å². The van der Waals surface area contributed by atoms with Crippen LogP contribution < -0.4 is 0 Å². The number of rotatable bonds is 5. The molecule has 0 radical (unpaired) electrons. The normalized spacial score (nSPS) is 40.0. The Hall–Kier alpha value is -0.160. The van der Waals surface area contributed by atoms with Gasteiger partial charge in [0, 0.05) is 17.6 Å². The van der Waals surface area contributed by atoms with Gasteiger partial charge in [-0.3, -0.25) is 4.90 Å². The molecule has 4 atom stereocenters. The number of fused-ring (bicyclic) bond motifs is 2. The molecular weight excluding hydrogens is 326 g/mol. The summed E-state index contributed by atoms with van der Waals surface area (Å²) in [5.74, 6) is 0.760. The number of aliphatic hydroxyl groups is 2. The summed E-state index contributed by atoms with van der Waals surface area (Å²) >= 11 is 0. The summed E-state index contributed by atoms with van der Waals surface area (Å²) < 4.78 is 6.31. The van der Waals surface area contributed by atoms with E-state index < -0.39 is 6.10 Å². The fourth-order valence-corrected chi connectivity index (χ4v) is 6.63. The van der Waals surface area contributed by atoms with Gasteiger partial charge in [-0.2, -0.15) is 0 Å². The predicted molar refractivity (Wildman–Crippen MR) is 105 cm³/mol. The van der Waals surface area contributed by atoms with Crippen LogP contribution in [0.5, 0.6) is 0 Å². The molecule has 0 unspecified atom stereocenters. The van der Waals surface area contributed by atoms with Gasteiger partial charge in [-0.05, 0) is 76.5 Å². The lowest BCUT2D eigenvalue weighted by Crippen LogP contribution is -2.63. The van der Waals surface area contributed by atoms with Crippen LogP contribution in [0.15, 0.2) is 0 Å². The fourth-order valence-electron chi connectivity index (χ4n) is 6.63. The Morgan fingerprint density at radius 2 is 1.62 bits per heavy atom. The number of hydrogen-bond acceptors (Lipinski definition) is 4. The number of β-amino-alcohol motifs (C(OH)–C–C–N with tert-alkyl or cyclic N) is 1. The molecule has 0 aromatic heterocycles. The second-order valence-electron chi connectivity index (χ2n) is 11.4. The monoisotopic (exact) mass is 367 g/mol. The third-order valence-corrected chi connectivity index (χ3v) is 8.53. The van der Waals surface area contributed by atoms with Crippen molar-refractivity contribution in [3.8, 4) is 0 Å². The molecule has 1 saturated heterocycles. The number of piperidine rings is 1. The minimum atomic E-state index is -0.491. The van der Waals surface area contributed by atoms with E-state index in [1.54, 1.807) is 0 Å². The van der Waals surface area contributed by atoms with Crippen molar-refractivity contribution in [3.63, 3.8) is 0 Å². The largest absolute Gasteiger partial charge is 0.393 e. The van der Waals surface area contributed by atoms with Crippen LogP contribution in [0.4, 0.5) is 0 Å². The zero-order valence-corrected chi connectivity index (χ0v) is 18.0. The molecule has 26 heavy (non-hydrogen) atoms. The molecule has 2 aliphatic carbocycles. The van der Waals surface area contributed by atoms with Crippen molar-refractivity contribution in [1.82, 2.24) is 4.90 Å². The van der Waals surface area contributed by atoms with Gasteiger partial charge in [0.15, 0.2) is 0 Å². The maximum Gasteiger partial charge on any atom is 0.0900 e. The average Bonchev–Trinajstić information content (AvgIpc) is 2.80. The lowest BCUT2D eigenvalue weighted by Gasteiger charge is -2.55. The van der Waals surface area contributed by atoms with Crippen LogP contribution in [0.3, 0.4) is 0 Å². The van der Waals surface area contributed by atoms with Gasteiger partial charge in [0.05, 0.1) is 24.9 Å². The van der Waals surface area contributed by atoms with Crippen molar-refractivity contribution < 1.29 is 14.9 Å². The van der Waals surface area contributed by atoms with Gasteiger partial charge >= 0.3 is 0 Å². The SMILES string of the molecule is CC1(C)CC(O)CC(C)(C)N1C[C@H](O)CO[C@@H]1C[C@@H]2CC[C@]1(C)C2(C)C. The van der Waals surface area contributed by atoms with Crippen LogP contribution in [-0.4, -0.2) is 57.7 Å². The van der Waals surface area contributed by atoms with Gasteiger partial charge in [0.25, 0.3) is 0 Å². The van der Waals surface area contributed by atoms with Crippen LogP contribution in [0, 0.1) is 16.7 Å². The summed E-state index contributed by atoms with van der Waals surface area (Å²) in [5, 5.41) is 21.0. The highest BCUT2D eigenvalue weighted by Crippen LogP contribution is 2.66. The molecular formula is C22H41NO3. The third-order valence-electron chi connectivity index (χ3n) is 8.53. The molecule has 1 heterocycles. The zero-order chi connectivity index (χ0) is 19.5. The molecule has 0 spiro atoms. The van der Waals surface area contributed by atoms with Crippen LogP contribution in [0.1, 0.15) is 80.6 Å². The van der Waals surface area contributed by atoms with E-state index in [-0.39, 0.29) is 28.7 Å². The third kappa shape index (κ3) is 3.25. The van der Waals surface area contributed by atoms with Crippen molar-refractivity contribution in [2.24, 2.45) is 16.7 Å². The van der Waals surface area contributed by atoms with Gasteiger partial charge < -0.3 is 14.9 Å². The van der Waals surface area contributed by atoms with Gasteiger partial charge in [0.2, 0.25) is 0 Å². The van der Waals surface area contributed by atoms with Gasteiger partial charge in [-0.25, -0.2) is 0 Å². The van der Waals surface area contributed by atoms with E-state index in [9.17, 15) is 10.2 Å². The second-order valence-corrected chi connectivity index (χ2v) is 11.4. The minimum Gasteiger partial charge on any atom is -0.393 e. The van der Waals surface area contributed by atoms with Gasteiger partial charge in [0.1, 0.15) is 0 Å². The molecule has 3 aliphatic rings. The molecule has 0 amide bonds. The standard InChI is InChI=1S/C22H41NO3/c1-19(2)11-16(24)12-20(3,4)23(19)13-17(25)14-26-18-10-15-8-9-22(18,7)21(15,5)6/h15-18,24-25H,8-14H2,1-7H3/t15-,17-,18+,22-/m0/s1. The quantitative estimate of drug-likeness (QED) is 0.780. The maximum absolute atomic E-state index is 10.7. The van der Waals surface area contributed by atoms with E-state index in [1.807, 2.05) is 0 Å². The van der Waals surface area contributed by atoms with E-state index in [0.717, 1.165) is 25.2 Å². The molecule has 4 heteroatoms. The Morgan fingerprint density at radius 1 is 1.04 bits per heavy atom. The molecule has 4 nitrogen and oxygen atoms in total. The average molecular weight is 368 g/mol. The Kier molecular flexibility index (Phi) is 5.09. The molecule has 3 rings (SSSR count). The first kappa shape index (κ1) is 20.6. The molecule has 3 fully saturated rings. The molecule has 2 N–H and O–H groups in total. The Balaban J connectivity index is 1.59. The highest BCUT2D eigenvalue weighted by molar-refractivity contribution is 5.11. The summed E-state index contributed by atoms with van der Waals surface area (Å²) in [4.78, 5) is 2.37. The highest BCUT2D eigenvalue weighted by Gasteiger charge is 2.61. The number of hydrogen-bond donors (Lipinski definition) is 2. The first-order valence-corrected chi connectivity index (χ1v) is 10.5. The number of ether oxygens (including phenoxy) is 1. The van der Waals surface area contributed by atoms with Crippen LogP contribution in [0.2, 0.25) is 0 Å². The van der Waals surface area contributed by atoms with Crippen molar-refractivity contribution >= 4 is 0 Å². The van der Waals surface area contributed by atoms with Crippen LogP contribution >= 0.6 is 0 Å². The fraction of sp³-hybridized carbons (Fsp3) is 1.00. The number of likely N-dealkylation sites (tertiary alicyclic amines) is 1. The molecule has 0 aromatic carbocycles. The lowest BCUT2D eigenvalue weighted by molar-refractivity contribution is -0.119. The van der Waals surface area contributed by atoms with E-state index >= 15 is 0 Å². The van der Waals surface area contributed by atoms with Crippen molar-refractivity contribution in [2.75, 3.05) is 13.2 Å². The molecule has 1 aliphatic heterocycles. The van der Waals surface area contributed by atoms with Crippen LogP contribution in [-0.2, 0) is 4.74 Å². The second kappa shape index (κ2) is 6.43. The zero-order valence-electron chi connectivity index (χ0n) is 18.0. The molecule has 2 bridgehead atoms. The van der Waals surface area contributed by atoms with E-state index in [1.165, 1.54) is 12.8 Å². The smallest absolute Gasteiger partial charge is 0.0900 e. The Morgan fingerprint density at radius 3 is 2.08 bits per heavy atom. The Labute approximate surface area is 160 Å². The summed E-state index contributed by atoms with van der Waals surface area (Å²) in [6.45, 7) is 16.9. The molecule has 2 saturated carbocycles. The summed E-state index contributed by atoms with van der Waals surface area (Å²) in [5.41, 5.74) is 0.339. The maximum atomic E-state index is 10.7. The summed E-state index contributed by atoms with van der Waals surface area (Å²) in [7, 11) is 0. The molecule has 0 aromatic rings. The predicted octanol–water partition coefficient (Wildman–Crippen LogP) is 3.59. The highest BCUT2D eigenvalue weighted by atomic mass is 16.5.